The third kappa shape index (κ3) is 102. The first-order valence-corrected chi connectivity index (χ1v) is 3.89. The Labute approximate surface area is 64.7 Å². The monoisotopic (exact) mass is 184 g/mol. The molecule has 0 fully saturated rings. The van der Waals surface area contributed by atoms with Gasteiger partial charge in [0.05, 0.1) is 6.54 Å². The zero-order valence-electron chi connectivity index (χ0n) is 5.90. The summed E-state index contributed by atoms with van der Waals surface area (Å²) in [6, 6.07) is 0. The van der Waals surface area contributed by atoms with Gasteiger partial charge in [-0.2, -0.15) is 0 Å². The van der Waals surface area contributed by atoms with Gasteiger partial charge in [0.2, 0.25) is 0 Å². The molecule has 0 aliphatic rings. The second-order valence-electron chi connectivity index (χ2n) is 1.39. The van der Waals surface area contributed by atoms with Gasteiger partial charge in [-0.25, -0.2) is 0 Å². The van der Waals surface area contributed by atoms with Crippen LogP contribution in [0.15, 0.2) is 0 Å². The maximum Gasteiger partial charge on any atom is 0.338 e. The Hall–Kier alpha value is -0.860. The Morgan fingerprint density at radius 1 is 1.45 bits per heavy atom. The molecular weight excluding hydrogens is 174 g/mol. The first kappa shape index (κ1) is 12.8. The molecule has 0 amide bonds. The molecule has 0 aromatic rings. The van der Waals surface area contributed by atoms with Gasteiger partial charge in [0.15, 0.2) is 0 Å². The molecule has 0 heterocycles. The van der Waals surface area contributed by atoms with Crippen molar-refractivity contribution < 1.29 is 22.5 Å². The van der Waals surface area contributed by atoms with Crippen LogP contribution in [-0.4, -0.2) is 30.0 Å². The molecule has 0 aliphatic carbocycles. The molecule has 5 N–H and O–H groups in total. The van der Waals surface area contributed by atoms with Crippen molar-refractivity contribution in [1.29, 1.82) is 0 Å². The van der Waals surface area contributed by atoms with E-state index in [9.17, 15) is 0 Å². The Morgan fingerprint density at radius 3 is 1.73 bits per heavy atom. The Morgan fingerprint density at radius 2 is 1.73 bits per heavy atom. The third-order valence-corrected chi connectivity index (χ3v) is 0.381. The van der Waals surface area contributed by atoms with E-state index in [0.717, 1.165) is 6.54 Å². The molecule has 8 heteroatoms. The fraction of sp³-hybridized carbons (Fsp3) is 0.667. The average molecular weight is 184 g/mol. The van der Waals surface area contributed by atoms with Crippen LogP contribution in [0.2, 0.25) is 0 Å². The number of nitrogens with one attached hydrogen (secondary N) is 1. The predicted octanol–water partition coefficient (Wildman–Crippen LogP) is -3.98. The summed E-state index contributed by atoms with van der Waals surface area (Å²) in [4.78, 5) is 2.68. The SMILES string of the molecule is CC[NH+]=C(N)N.O=S(=O)([O-])[O-]. The van der Waals surface area contributed by atoms with Crippen molar-refractivity contribution in [3.63, 3.8) is 0 Å². The van der Waals surface area contributed by atoms with Gasteiger partial charge in [0.1, 0.15) is 0 Å². The number of hydrogen-bond acceptors (Lipinski definition) is 4. The summed E-state index contributed by atoms with van der Waals surface area (Å²) in [7, 11) is -5.17. The molecule has 0 radical (unpaired) electrons. The second kappa shape index (κ2) is 5.89. The minimum Gasteiger partial charge on any atom is -0.759 e. The lowest BCUT2D eigenvalue weighted by molar-refractivity contribution is -0.454. The van der Waals surface area contributed by atoms with E-state index in [1.54, 1.807) is 0 Å². The lowest BCUT2D eigenvalue weighted by Crippen LogP contribution is -2.77. The number of hydrogen-bond donors (Lipinski definition) is 3. The highest BCUT2D eigenvalue weighted by Crippen LogP contribution is 1.57. The van der Waals surface area contributed by atoms with E-state index in [-0.39, 0.29) is 5.96 Å². The van der Waals surface area contributed by atoms with E-state index in [0.29, 0.717) is 0 Å². The van der Waals surface area contributed by atoms with Gasteiger partial charge >= 0.3 is 5.96 Å². The maximum atomic E-state index is 8.52. The largest absolute Gasteiger partial charge is 0.759 e. The van der Waals surface area contributed by atoms with Gasteiger partial charge in [-0.3, -0.25) is 24.9 Å². The fourth-order valence-electron chi connectivity index (χ4n) is 0.204. The summed E-state index contributed by atoms with van der Waals surface area (Å²) in [5.41, 5.74) is 9.97. The Balaban J connectivity index is 0. The van der Waals surface area contributed by atoms with Crippen LogP contribution in [0.1, 0.15) is 6.92 Å². The molecule has 0 atom stereocenters. The highest BCUT2D eigenvalue weighted by Gasteiger charge is 1.76. The summed E-state index contributed by atoms with van der Waals surface area (Å²) in [6.45, 7) is 2.72. The minimum atomic E-state index is -5.17. The zero-order chi connectivity index (χ0) is 9.49. The first-order chi connectivity index (χ1) is 4.77. The van der Waals surface area contributed by atoms with Gasteiger partial charge in [0, 0.05) is 10.4 Å². The third-order valence-electron chi connectivity index (χ3n) is 0.381. The van der Waals surface area contributed by atoms with E-state index in [1.165, 1.54) is 0 Å². The Bertz CT molecular complexity index is 197. The molecule has 0 saturated carbocycles. The summed E-state index contributed by atoms with van der Waals surface area (Å²) >= 11 is 0. The van der Waals surface area contributed by atoms with Crippen molar-refractivity contribution in [3.8, 4) is 0 Å². The minimum absolute atomic E-state index is 0.289. The molecule has 0 bridgehead atoms. The summed E-state index contributed by atoms with van der Waals surface area (Å²) in [6.07, 6.45) is 0. The van der Waals surface area contributed by atoms with Gasteiger partial charge < -0.3 is 9.11 Å². The summed E-state index contributed by atoms with van der Waals surface area (Å²) < 4.78 is 34.1. The molecule has 0 saturated heterocycles. The van der Waals surface area contributed by atoms with Crippen LogP contribution in [0.4, 0.5) is 0 Å². The van der Waals surface area contributed by atoms with Crippen LogP contribution in [-0.2, 0) is 10.4 Å². The lowest BCUT2D eigenvalue weighted by Gasteiger charge is -2.06. The molecular formula is C3H10N3O4S-. The first-order valence-electron chi connectivity index (χ1n) is 2.55. The van der Waals surface area contributed by atoms with E-state index in [2.05, 4.69) is 4.99 Å². The van der Waals surface area contributed by atoms with Crippen molar-refractivity contribution >= 4 is 16.4 Å². The zero-order valence-corrected chi connectivity index (χ0v) is 6.72. The van der Waals surface area contributed by atoms with Crippen LogP contribution >= 0.6 is 0 Å². The van der Waals surface area contributed by atoms with Crippen LogP contribution < -0.4 is 16.5 Å². The standard InChI is InChI=1S/C3H9N3.H2O4S/c1-2-6-3(4)5;1-5(2,3)4/h2H2,1H3,(H4,4,5,6);(H2,1,2,3,4)/p-1. The maximum absolute atomic E-state index is 8.52. The number of rotatable bonds is 1. The van der Waals surface area contributed by atoms with Crippen molar-refractivity contribution in [2.45, 2.75) is 6.92 Å². The van der Waals surface area contributed by atoms with Gasteiger partial charge in [-0.1, -0.05) is 0 Å². The molecule has 0 unspecified atom stereocenters. The molecule has 11 heavy (non-hydrogen) atoms. The van der Waals surface area contributed by atoms with Crippen LogP contribution in [0, 0.1) is 0 Å². The van der Waals surface area contributed by atoms with Crippen molar-refractivity contribution in [2.24, 2.45) is 11.5 Å². The lowest BCUT2D eigenvalue weighted by atomic mass is 10.8. The molecule has 0 spiro atoms. The fourth-order valence-corrected chi connectivity index (χ4v) is 0.204. The van der Waals surface area contributed by atoms with E-state index in [4.69, 9.17) is 29.0 Å². The van der Waals surface area contributed by atoms with Crippen molar-refractivity contribution in [1.82, 2.24) is 0 Å². The van der Waals surface area contributed by atoms with Crippen LogP contribution in [0.25, 0.3) is 0 Å². The van der Waals surface area contributed by atoms with Crippen molar-refractivity contribution in [3.05, 3.63) is 0 Å². The highest BCUT2D eigenvalue weighted by atomic mass is 32.3. The molecule has 0 aromatic carbocycles. The predicted molar refractivity (Wildman–Crippen MR) is 35.4 cm³/mol. The van der Waals surface area contributed by atoms with Crippen LogP contribution in [0.3, 0.4) is 0 Å². The topological polar surface area (TPSA) is 146 Å². The highest BCUT2D eigenvalue weighted by molar-refractivity contribution is 7.79. The molecule has 68 valence electrons. The molecule has 0 rings (SSSR count). The average Bonchev–Trinajstić information content (AvgIpc) is 1.58. The quantitative estimate of drug-likeness (QED) is 0.164. The van der Waals surface area contributed by atoms with Crippen molar-refractivity contribution in [2.75, 3.05) is 6.54 Å². The van der Waals surface area contributed by atoms with E-state index >= 15 is 0 Å². The van der Waals surface area contributed by atoms with E-state index in [1.807, 2.05) is 6.92 Å². The van der Waals surface area contributed by atoms with E-state index < -0.39 is 10.4 Å². The summed E-state index contributed by atoms with van der Waals surface area (Å²) in [5, 5.41) is 0. The van der Waals surface area contributed by atoms with Gasteiger partial charge in [-0.05, 0) is 6.92 Å². The second-order valence-corrected chi connectivity index (χ2v) is 2.21. The van der Waals surface area contributed by atoms with Crippen LogP contribution in [0.5, 0.6) is 0 Å². The normalized spacial score (nSPS) is 9.36. The van der Waals surface area contributed by atoms with Gasteiger partial charge in [-0.15, -0.1) is 0 Å². The number of nitrogens with two attached hydrogens (primary N) is 2. The molecule has 0 aromatic heterocycles. The Kier molecular flexibility index (Phi) is 6.85. The molecule has 0 aliphatic heterocycles. The van der Waals surface area contributed by atoms with Gasteiger partial charge in [0.25, 0.3) is 0 Å². The smallest absolute Gasteiger partial charge is 0.338 e. The number of guanidine groups is 1. The summed E-state index contributed by atoms with van der Waals surface area (Å²) in [5.74, 6) is 0.289. The molecule has 7 nitrogen and oxygen atoms in total.